The van der Waals surface area contributed by atoms with Crippen molar-refractivity contribution in [2.45, 2.75) is 33.4 Å². The minimum Gasteiger partial charge on any atom is -0.458 e. The number of nitrogens with one attached hydrogen (secondary N) is 1. The predicted molar refractivity (Wildman–Crippen MR) is 108 cm³/mol. The van der Waals surface area contributed by atoms with Crippen LogP contribution in [0.1, 0.15) is 35.5 Å². The van der Waals surface area contributed by atoms with Crippen LogP contribution in [0.5, 0.6) is 0 Å². The Bertz CT molecular complexity index is 1140. The second kappa shape index (κ2) is 8.86. The van der Waals surface area contributed by atoms with Crippen LogP contribution in [0.2, 0.25) is 0 Å². The minimum absolute atomic E-state index is 0.200. The molecule has 1 atom stereocenters. The molecule has 1 N–H and O–H groups in total. The Hall–Kier alpha value is -3.55. The van der Waals surface area contributed by atoms with Crippen LogP contribution >= 0.6 is 0 Å². The Labute approximate surface area is 172 Å². The molecule has 0 aliphatic heterocycles. The summed E-state index contributed by atoms with van der Waals surface area (Å²) in [6.45, 7) is 5.20. The minimum atomic E-state index is -0.910. The molecule has 0 fully saturated rings. The molecule has 0 unspecified atom stereocenters. The standard InChI is InChI=1S/C22H22FN3O4/c1-13(2)20(25-21(28)15-5-7-16(23)8-6-15)22(29)30-12-17-10-19(27)26-11-14(3)4-9-18(26)24-17/h4-11,13,20H,12H2,1-3H3,(H,25,28)/t20-/m0/s1. The van der Waals surface area contributed by atoms with E-state index in [1.165, 1.54) is 34.7 Å². The van der Waals surface area contributed by atoms with Crippen molar-refractivity contribution in [3.05, 3.63) is 81.7 Å². The van der Waals surface area contributed by atoms with Gasteiger partial charge < -0.3 is 10.1 Å². The summed E-state index contributed by atoms with van der Waals surface area (Å²) in [5, 5.41) is 2.61. The largest absolute Gasteiger partial charge is 0.458 e. The molecule has 0 spiro atoms. The number of aryl methyl sites for hydroxylation is 1. The fourth-order valence-corrected chi connectivity index (χ4v) is 2.89. The maximum Gasteiger partial charge on any atom is 0.329 e. The lowest BCUT2D eigenvalue weighted by Crippen LogP contribution is -2.45. The van der Waals surface area contributed by atoms with Crippen LogP contribution in [0.25, 0.3) is 5.65 Å². The van der Waals surface area contributed by atoms with Crippen LogP contribution in [0.3, 0.4) is 0 Å². The van der Waals surface area contributed by atoms with E-state index in [0.29, 0.717) is 11.3 Å². The van der Waals surface area contributed by atoms with Crippen molar-refractivity contribution in [3.8, 4) is 0 Å². The zero-order valence-electron chi connectivity index (χ0n) is 16.9. The van der Waals surface area contributed by atoms with Gasteiger partial charge in [-0.05, 0) is 48.7 Å². The predicted octanol–water partition coefficient (Wildman–Crippen LogP) is 2.64. The quantitative estimate of drug-likeness (QED) is 0.630. The maximum absolute atomic E-state index is 13.0. The SMILES string of the molecule is Cc1ccc2nc(COC(=O)[C@@H](NC(=O)c3ccc(F)cc3)C(C)C)cc(=O)n2c1. The Morgan fingerprint density at radius 1 is 1.17 bits per heavy atom. The molecule has 1 aromatic carbocycles. The van der Waals surface area contributed by atoms with Gasteiger partial charge in [0.2, 0.25) is 0 Å². The smallest absolute Gasteiger partial charge is 0.329 e. The molecule has 0 radical (unpaired) electrons. The number of aromatic nitrogens is 2. The van der Waals surface area contributed by atoms with Crippen molar-refractivity contribution in [1.29, 1.82) is 0 Å². The monoisotopic (exact) mass is 411 g/mol. The first-order chi connectivity index (χ1) is 14.2. The lowest BCUT2D eigenvalue weighted by molar-refractivity contribution is -0.148. The molecule has 30 heavy (non-hydrogen) atoms. The number of carbonyl (C=O) groups excluding carboxylic acids is 2. The van der Waals surface area contributed by atoms with Crippen molar-refractivity contribution < 1.29 is 18.7 Å². The molecule has 2 heterocycles. The van der Waals surface area contributed by atoms with E-state index in [-0.39, 0.29) is 23.6 Å². The van der Waals surface area contributed by atoms with Gasteiger partial charge in [-0.3, -0.25) is 14.0 Å². The average Bonchev–Trinajstić information content (AvgIpc) is 2.71. The van der Waals surface area contributed by atoms with Gasteiger partial charge in [0, 0.05) is 17.8 Å². The number of carbonyl (C=O) groups is 2. The normalized spacial score (nSPS) is 12.0. The van der Waals surface area contributed by atoms with E-state index in [1.54, 1.807) is 26.1 Å². The Morgan fingerprint density at radius 2 is 1.87 bits per heavy atom. The first-order valence-electron chi connectivity index (χ1n) is 9.46. The van der Waals surface area contributed by atoms with Gasteiger partial charge >= 0.3 is 5.97 Å². The third kappa shape index (κ3) is 4.89. The number of rotatable bonds is 6. The number of hydrogen-bond donors (Lipinski definition) is 1. The Morgan fingerprint density at radius 3 is 2.53 bits per heavy atom. The lowest BCUT2D eigenvalue weighted by atomic mass is 10.0. The molecule has 0 saturated heterocycles. The summed E-state index contributed by atoms with van der Waals surface area (Å²) < 4.78 is 19.8. The third-order valence-corrected chi connectivity index (χ3v) is 4.54. The Kier molecular flexibility index (Phi) is 6.25. The second-order valence-corrected chi connectivity index (χ2v) is 7.33. The molecule has 0 aliphatic carbocycles. The van der Waals surface area contributed by atoms with Gasteiger partial charge in [-0.15, -0.1) is 0 Å². The van der Waals surface area contributed by atoms with E-state index in [0.717, 1.165) is 5.56 Å². The van der Waals surface area contributed by atoms with E-state index in [4.69, 9.17) is 4.74 Å². The fourth-order valence-electron chi connectivity index (χ4n) is 2.89. The van der Waals surface area contributed by atoms with E-state index in [9.17, 15) is 18.8 Å². The summed E-state index contributed by atoms with van der Waals surface area (Å²) in [6.07, 6.45) is 1.68. The molecule has 7 nitrogen and oxygen atoms in total. The van der Waals surface area contributed by atoms with Crippen LogP contribution in [0.15, 0.2) is 53.5 Å². The third-order valence-electron chi connectivity index (χ3n) is 4.54. The van der Waals surface area contributed by atoms with Crippen molar-refractivity contribution in [2.75, 3.05) is 0 Å². The molecule has 0 aliphatic rings. The van der Waals surface area contributed by atoms with Crippen LogP contribution in [0, 0.1) is 18.7 Å². The van der Waals surface area contributed by atoms with Crippen LogP contribution in [0.4, 0.5) is 4.39 Å². The van der Waals surface area contributed by atoms with Crippen molar-refractivity contribution in [3.63, 3.8) is 0 Å². The van der Waals surface area contributed by atoms with Gasteiger partial charge in [0.15, 0.2) is 0 Å². The highest BCUT2D eigenvalue weighted by molar-refractivity contribution is 5.96. The van der Waals surface area contributed by atoms with Gasteiger partial charge in [-0.25, -0.2) is 14.2 Å². The number of esters is 1. The molecule has 0 saturated carbocycles. The summed E-state index contributed by atoms with van der Waals surface area (Å²) in [4.78, 5) is 41.5. The first-order valence-corrected chi connectivity index (χ1v) is 9.46. The zero-order valence-corrected chi connectivity index (χ0v) is 16.9. The topological polar surface area (TPSA) is 89.8 Å². The second-order valence-electron chi connectivity index (χ2n) is 7.33. The number of halogens is 1. The maximum atomic E-state index is 13.0. The summed E-state index contributed by atoms with van der Waals surface area (Å²) in [6, 6.07) is 8.95. The van der Waals surface area contributed by atoms with Crippen molar-refractivity contribution in [1.82, 2.24) is 14.7 Å². The Balaban J connectivity index is 1.70. The highest BCUT2D eigenvalue weighted by Crippen LogP contribution is 2.10. The van der Waals surface area contributed by atoms with Gasteiger partial charge in [0.05, 0.1) is 5.69 Å². The molecule has 156 valence electrons. The van der Waals surface area contributed by atoms with E-state index in [2.05, 4.69) is 10.3 Å². The zero-order chi connectivity index (χ0) is 21.8. The molecular weight excluding hydrogens is 389 g/mol. The number of amides is 1. The fraction of sp³-hybridized carbons (Fsp3) is 0.273. The van der Waals surface area contributed by atoms with Crippen LogP contribution < -0.4 is 10.9 Å². The van der Waals surface area contributed by atoms with Crippen molar-refractivity contribution >= 4 is 17.5 Å². The number of fused-ring (bicyclic) bond motifs is 1. The van der Waals surface area contributed by atoms with E-state index < -0.39 is 23.7 Å². The van der Waals surface area contributed by atoms with E-state index in [1.807, 2.05) is 13.0 Å². The molecule has 3 rings (SSSR count). The molecular formula is C22H22FN3O4. The summed E-state index contributed by atoms with van der Waals surface area (Å²) in [7, 11) is 0. The lowest BCUT2D eigenvalue weighted by Gasteiger charge is -2.21. The molecule has 8 heteroatoms. The molecule has 1 amide bonds. The summed E-state index contributed by atoms with van der Waals surface area (Å²) >= 11 is 0. The van der Waals surface area contributed by atoms with Gasteiger partial charge in [0.1, 0.15) is 24.1 Å². The molecule has 3 aromatic rings. The first kappa shape index (κ1) is 21.2. The van der Waals surface area contributed by atoms with Crippen molar-refractivity contribution in [2.24, 2.45) is 5.92 Å². The van der Waals surface area contributed by atoms with Gasteiger partial charge in [-0.2, -0.15) is 0 Å². The van der Waals surface area contributed by atoms with Gasteiger partial charge in [-0.1, -0.05) is 19.9 Å². The number of ether oxygens (including phenoxy) is 1. The average molecular weight is 411 g/mol. The van der Waals surface area contributed by atoms with Crippen LogP contribution in [-0.4, -0.2) is 27.3 Å². The van der Waals surface area contributed by atoms with Crippen LogP contribution in [-0.2, 0) is 16.1 Å². The molecule has 0 bridgehead atoms. The summed E-state index contributed by atoms with van der Waals surface area (Å²) in [5.74, 6) is -1.87. The number of benzene rings is 1. The summed E-state index contributed by atoms with van der Waals surface area (Å²) in [5.41, 5.74) is 1.63. The van der Waals surface area contributed by atoms with E-state index >= 15 is 0 Å². The number of hydrogen-bond acceptors (Lipinski definition) is 5. The number of nitrogens with zero attached hydrogens (tertiary/aromatic N) is 2. The highest BCUT2D eigenvalue weighted by Gasteiger charge is 2.26. The molecule has 2 aromatic heterocycles. The highest BCUT2D eigenvalue weighted by atomic mass is 19.1. The van der Waals surface area contributed by atoms with Gasteiger partial charge in [0.25, 0.3) is 11.5 Å². The number of pyridine rings is 1.